The first kappa shape index (κ1) is 36.8. The molecule has 11 heteroatoms. The highest BCUT2D eigenvalue weighted by molar-refractivity contribution is 6.99. The van der Waals surface area contributed by atoms with Crippen LogP contribution in [0.25, 0.3) is 0 Å². The molecular weight excluding hydrogens is 673 g/mol. The third kappa shape index (κ3) is 8.36. The molecule has 1 aromatic heterocycles. The molecule has 0 saturated heterocycles. The Bertz CT molecular complexity index is 1640. The van der Waals surface area contributed by atoms with Crippen molar-refractivity contribution in [3.05, 3.63) is 105 Å². The van der Waals surface area contributed by atoms with Crippen molar-refractivity contribution in [2.24, 2.45) is 0 Å². The molecule has 1 N–H and O–H groups in total. The number of benzene rings is 3. The molecule has 0 radical (unpaired) electrons. The standard InChI is InChI=1S/C36H42Cl3N3O4Si/c1-24-40-32(39)31(33(41-24)42(34(44)46-35(2,3)4)30-19-18-26(37)22-29(30)38)25(20-21-43)23-45-47(36(5,6)7,27-14-10-8-11-15-27)28-16-12-9-13-17-28/h8-19,22,25,43H,20-21,23H2,1-7H3. The number of hydrogen-bond donors (Lipinski definition) is 1. The van der Waals surface area contributed by atoms with E-state index >= 15 is 0 Å². The molecule has 47 heavy (non-hydrogen) atoms. The number of carbonyl (C=O) groups is 1. The van der Waals surface area contributed by atoms with Gasteiger partial charge in [0.2, 0.25) is 0 Å². The summed E-state index contributed by atoms with van der Waals surface area (Å²) < 4.78 is 13.1. The summed E-state index contributed by atoms with van der Waals surface area (Å²) in [7, 11) is -2.99. The van der Waals surface area contributed by atoms with Crippen molar-refractivity contribution >= 4 is 71.1 Å². The van der Waals surface area contributed by atoms with E-state index in [1.807, 2.05) is 36.4 Å². The number of halogens is 3. The molecule has 7 nitrogen and oxygen atoms in total. The fourth-order valence-corrected chi connectivity index (χ4v) is 11.2. The third-order valence-electron chi connectivity index (χ3n) is 7.73. The van der Waals surface area contributed by atoms with Crippen molar-refractivity contribution < 1.29 is 19.1 Å². The van der Waals surface area contributed by atoms with Gasteiger partial charge in [-0.15, -0.1) is 0 Å². The van der Waals surface area contributed by atoms with Crippen molar-refractivity contribution in [2.75, 3.05) is 18.1 Å². The molecule has 4 rings (SSSR count). The smallest absolute Gasteiger partial charge is 0.420 e. The first-order chi connectivity index (χ1) is 22.1. The topological polar surface area (TPSA) is 84.8 Å². The van der Waals surface area contributed by atoms with Crippen molar-refractivity contribution in [2.45, 2.75) is 71.4 Å². The highest BCUT2D eigenvalue weighted by Gasteiger charge is 2.50. The minimum Gasteiger partial charge on any atom is -0.443 e. The maximum Gasteiger partial charge on any atom is 0.420 e. The molecule has 0 spiro atoms. The average Bonchev–Trinajstić information content (AvgIpc) is 2.98. The Kier molecular flexibility index (Phi) is 11.8. The monoisotopic (exact) mass is 713 g/mol. The summed E-state index contributed by atoms with van der Waals surface area (Å²) in [6.07, 6.45) is -0.457. The normalized spacial score (nSPS) is 12.9. The second-order valence-corrected chi connectivity index (χ2v) is 18.9. The van der Waals surface area contributed by atoms with Gasteiger partial charge in [0.05, 0.1) is 10.7 Å². The van der Waals surface area contributed by atoms with Gasteiger partial charge >= 0.3 is 6.09 Å². The van der Waals surface area contributed by atoms with E-state index in [0.29, 0.717) is 22.1 Å². The first-order valence-electron chi connectivity index (χ1n) is 15.5. The summed E-state index contributed by atoms with van der Waals surface area (Å²) in [4.78, 5) is 24.5. The van der Waals surface area contributed by atoms with Gasteiger partial charge in [0.15, 0.2) is 5.82 Å². The van der Waals surface area contributed by atoms with E-state index in [2.05, 4.69) is 50.0 Å². The molecule has 0 fully saturated rings. The zero-order valence-electron chi connectivity index (χ0n) is 27.9. The van der Waals surface area contributed by atoms with Crippen LogP contribution in [0.15, 0.2) is 78.9 Å². The van der Waals surface area contributed by atoms with Gasteiger partial charge in [-0.2, -0.15) is 0 Å². The number of aryl methyl sites for hydroxylation is 1. The number of nitrogens with zero attached hydrogens (tertiary/aromatic N) is 3. The summed E-state index contributed by atoms with van der Waals surface area (Å²) in [5, 5.41) is 13.0. The van der Waals surface area contributed by atoms with Crippen LogP contribution in [-0.4, -0.2) is 48.3 Å². The highest BCUT2D eigenvalue weighted by Crippen LogP contribution is 2.43. The fraction of sp³-hybridized carbons (Fsp3) is 0.361. The number of carbonyl (C=O) groups excluding carboxylic acids is 1. The molecule has 1 unspecified atom stereocenters. The highest BCUT2D eigenvalue weighted by atomic mass is 35.5. The molecule has 3 aromatic carbocycles. The molecule has 0 bridgehead atoms. The molecule has 250 valence electrons. The van der Waals surface area contributed by atoms with Gasteiger partial charge in [-0.3, -0.25) is 0 Å². The summed E-state index contributed by atoms with van der Waals surface area (Å²) in [6.45, 7) is 13.6. The van der Waals surface area contributed by atoms with Crippen molar-refractivity contribution in [3.8, 4) is 0 Å². The maximum absolute atomic E-state index is 14.0. The maximum atomic E-state index is 14.0. The number of ether oxygens (including phenoxy) is 1. The van der Waals surface area contributed by atoms with Gasteiger partial charge in [-0.1, -0.05) is 116 Å². The Labute approximate surface area is 294 Å². The number of aliphatic hydroxyl groups excluding tert-OH is 1. The van der Waals surface area contributed by atoms with Gasteiger partial charge in [0.1, 0.15) is 16.6 Å². The molecule has 0 saturated carbocycles. The lowest BCUT2D eigenvalue weighted by Gasteiger charge is -2.44. The number of aliphatic hydroxyl groups is 1. The lowest BCUT2D eigenvalue weighted by molar-refractivity contribution is 0.0597. The predicted octanol–water partition coefficient (Wildman–Crippen LogP) is 8.86. The van der Waals surface area contributed by atoms with Gasteiger partial charge in [-0.05, 0) is 67.7 Å². The third-order valence-corrected chi connectivity index (χ3v) is 13.6. The van der Waals surface area contributed by atoms with Gasteiger partial charge in [0, 0.05) is 29.7 Å². The van der Waals surface area contributed by atoms with Crippen LogP contribution in [0.4, 0.5) is 16.3 Å². The number of aromatic nitrogens is 2. The molecule has 0 aliphatic heterocycles. The van der Waals surface area contributed by atoms with Crippen LogP contribution < -0.4 is 15.3 Å². The first-order valence-corrected chi connectivity index (χ1v) is 18.5. The molecule has 1 amide bonds. The van der Waals surface area contributed by atoms with Crippen LogP contribution in [0.5, 0.6) is 0 Å². The Morgan fingerprint density at radius 2 is 1.47 bits per heavy atom. The number of anilines is 2. The lowest BCUT2D eigenvalue weighted by atomic mass is 9.98. The van der Waals surface area contributed by atoms with Crippen molar-refractivity contribution in [1.82, 2.24) is 9.97 Å². The van der Waals surface area contributed by atoms with Gasteiger partial charge in [0.25, 0.3) is 8.32 Å². The molecule has 1 atom stereocenters. The molecule has 0 aliphatic carbocycles. The summed E-state index contributed by atoms with van der Waals surface area (Å²) in [6, 6.07) is 25.4. The van der Waals surface area contributed by atoms with Crippen LogP contribution in [-0.2, 0) is 9.16 Å². The fourth-order valence-electron chi connectivity index (χ4n) is 5.78. The minimum absolute atomic E-state index is 0.135. The summed E-state index contributed by atoms with van der Waals surface area (Å²) >= 11 is 19.9. The second kappa shape index (κ2) is 15.1. The molecule has 4 aromatic rings. The number of amides is 1. The van der Waals surface area contributed by atoms with E-state index in [-0.39, 0.29) is 40.7 Å². The largest absolute Gasteiger partial charge is 0.443 e. The van der Waals surface area contributed by atoms with Crippen LogP contribution in [0.1, 0.15) is 65.3 Å². The Balaban J connectivity index is 1.93. The predicted molar refractivity (Wildman–Crippen MR) is 195 cm³/mol. The number of hydrogen-bond acceptors (Lipinski definition) is 6. The van der Waals surface area contributed by atoms with Crippen LogP contribution in [0, 0.1) is 6.92 Å². The summed E-state index contributed by atoms with van der Waals surface area (Å²) in [5.74, 6) is -0.00530. The van der Waals surface area contributed by atoms with E-state index < -0.39 is 25.9 Å². The van der Waals surface area contributed by atoms with E-state index in [1.54, 1.807) is 45.9 Å². The van der Waals surface area contributed by atoms with Crippen LogP contribution >= 0.6 is 34.8 Å². The zero-order chi connectivity index (χ0) is 34.6. The van der Waals surface area contributed by atoms with E-state index in [9.17, 15) is 9.90 Å². The van der Waals surface area contributed by atoms with Crippen molar-refractivity contribution in [3.63, 3.8) is 0 Å². The Morgan fingerprint density at radius 3 is 1.96 bits per heavy atom. The molecular formula is C36H42Cl3N3O4Si. The van der Waals surface area contributed by atoms with Gasteiger partial charge < -0.3 is 14.3 Å². The SMILES string of the molecule is Cc1nc(Cl)c(C(CCO)CO[Si](c2ccccc2)(c2ccccc2)C(C)(C)C)c(N(C(=O)OC(C)(C)C)c2ccc(Cl)cc2Cl)n1. The number of rotatable bonds is 10. The quantitative estimate of drug-likeness (QED) is 0.131. The summed E-state index contributed by atoms with van der Waals surface area (Å²) in [5.41, 5.74) is -0.102. The van der Waals surface area contributed by atoms with Crippen molar-refractivity contribution in [1.29, 1.82) is 0 Å². The zero-order valence-corrected chi connectivity index (χ0v) is 31.1. The van der Waals surface area contributed by atoms with E-state index in [0.717, 1.165) is 10.4 Å². The molecule has 1 heterocycles. The Hall–Kier alpha value is -2.98. The van der Waals surface area contributed by atoms with Crippen LogP contribution in [0.2, 0.25) is 20.2 Å². The molecule has 0 aliphatic rings. The van der Waals surface area contributed by atoms with E-state index in [4.69, 9.17) is 48.9 Å². The average molecular weight is 715 g/mol. The minimum atomic E-state index is -2.99. The lowest BCUT2D eigenvalue weighted by Crippen LogP contribution is -2.66. The van der Waals surface area contributed by atoms with E-state index in [1.165, 1.54) is 4.90 Å². The van der Waals surface area contributed by atoms with Crippen LogP contribution in [0.3, 0.4) is 0 Å². The van der Waals surface area contributed by atoms with Gasteiger partial charge in [-0.25, -0.2) is 19.7 Å². The Morgan fingerprint density at radius 1 is 0.894 bits per heavy atom. The second-order valence-electron chi connectivity index (χ2n) is 13.4.